The average Bonchev–Trinajstić information content (AvgIpc) is 3.22. The summed E-state index contributed by atoms with van der Waals surface area (Å²) in [6.45, 7) is 5.70. The molecule has 6 nitrogen and oxygen atoms in total. The average molecular weight is 697 g/mol. The van der Waals surface area contributed by atoms with Crippen LogP contribution in [0.1, 0.15) is 27.8 Å². The van der Waals surface area contributed by atoms with Gasteiger partial charge in [0.15, 0.2) is 0 Å². The Morgan fingerprint density at radius 3 is 1.62 bits per heavy atom. The summed E-state index contributed by atoms with van der Waals surface area (Å²) in [5.74, 6) is 0.121. The van der Waals surface area contributed by atoms with Crippen molar-refractivity contribution >= 4 is 45.4 Å². The number of anilines is 4. The van der Waals surface area contributed by atoms with Crippen molar-refractivity contribution in [3.05, 3.63) is 198 Å². The second-order valence-electron chi connectivity index (χ2n) is 12.6. The molecule has 9 N–H and O–H groups in total. The van der Waals surface area contributed by atoms with Crippen LogP contribution in [-0.4, -0.2) is 12.4 Å². The molecular formula is C47H48N6. The van der Waals surface area contributed by atoms with E-state index in [4.69, 9.17) is 22.6 Å². The summed E-state index contributed by atoms with van der Waals surface area (Å²) < 4.78 is 0. The van der Waals surface area contributed by atoms with E-state index in [1.165, 1.54) is 33.2 Å². The van der Waals surface area contributed by atoms with Crippen molar-refractivity contribution in [1.29, 1.82) is 5.41 Å². The summed E-state index contributed by atoms with van der Waals surface area (Å²) in [5.41, 5.74) is 29.1. The normalized spacial score (nSPS) is 10.8. The van der Waals surface area contributed by atoms with Crippen LogP contribution in [0.5, 0.6) is 0 Å². The minimum Gasteiger partial charge on any atom is -0.396 e. The van der Waals surface area contributed by atoms with E-state index in [1.807, 2.05) is 97.1 Å². The Morgan fingerprint density at radius 2 is 1.13 bits per heavy atom. The van der Waals surface area contributed by atoms with Crippen LogP contribution in [0.4, 0.5) is 22.7 Å². The quantitative estimate of drug-likeness (QED) is 0.0462. The van der Waals surface area contributed by atoms with Crippen molar-refractivity contribution in [3.8, 4) is 11.1 Å². The van der Waals surface area contributed by atoms with Gasteiger partial charge < -0.3 is 27.8 Å². The third kappa shape index (κ3) is 10.7. The fourth-order valence-electron chi connectivity index (χ4n) is 5.70. The Labute approximate surface area is 313 Å². The van der Waals surface area contributed by atoms with Crippen molar-refractivity contribution in [3.63, 3.8) is 0 Å². The monoisotopic (exact) mass is 696 g/mol. The summed E-state index contributed by atoms with van der Waals surface area (Å²) in [5, 5.41) is 16.3. The highest BCUT2D eigenvalue weighted by Crippen LogP contribution is 2.42. The van der Waals surface area contributed by atoms with Gasteiger partial charge in [0.1, 0.15) is 5.84 Å². The molecule has 0 saturated carbocycles. The van der Waals surface area contributed by atoms with Gasteiger partial charge in [0.05, 0.1) is 17.1 Å². The van der Waals surface area contributed by atoms with E-state index >= 15 is 0 Å². The number of nitrogen functional groups attached to an aromatic ring is 2. The van der Waals surface area contributed by atoms with Crippen molar-refractivity contribution in [2.45, 2.75) is 20.4 Å². The lowest BCUT2D eigenvalue weighted by Gasteiger charge is -2.22. The van der Waals surface area contributed by atoms with Gasteiger partial charge in [-0.2, -0.15) is 0 Å². The number of fused-ring (bicyclic) bond motifs is 3. The number of hydrogen-bond donors (Lipinski definition) is 6. The molecule has 7 aromatic rings. The van der Waals surface area contributed by atoms with Crippen molar-refractivity contribution in [1.82, 2.24) is 0 Å². The van der Waals surface area contributed by atoms with Gasteiger partial charge in [-0.05, 0) is 42.7 Å². The number of rotatable bonds is 5. The van der Waals surface area contributed by atoms with E-state index in [0.717, 1.165) is 45.8 Å². The van der Waals surface area contributed by atoms with Gasteiger partial charge in [0, 0.05) is 40.7 Å². The van der Waals surface area contributed by atoms with Crippen LogP contribution in [0.15, 0.2) is 170 Å². The molecular weight excluding hydrogens is 649 g/mol. The molecule has 0 aliphatic carbocycles. The zero-order valence-corrected chi connectivity index (χ0v) is 30.4. The highest BCUT2D eigenvalue weighted by atomic mass is 14.9. The highest BCUT2D eigenvalue weighted by molar-refractivity contribution is 6.12. The van der Waals surface area contributed by atoms with Gasteiger partial charge in [-0.15, -0.1) is 0 Å². The molecule has 0 saturated heterocycles. The summed E-state index contributed by atoms with van der Waals surface area (Å²) in [6, 6.07) is 54.9. The topological polar surface area (TPSA) is 126 Å². The molecule has 0 atom stereocenters. The molecule has 7 aromatic carbocycles. The predicted molar refractivity (Wildman–Crippen MR) is 229 cm³/mol. The van der Waals surface area contributed by atoms with Gasteiger partial charge in [0.2, 0.25) is 0 Å². The zero-order chi connectivity index (χ0) is 37.4. The minimum atomic E-state index is 0.121. The van der Waals surface area contributed by atoms with Crippen LogP contribution in [0.25, 0.3) is 28.0 Å². The molecule has 0 amide bonds. The fourth-order valence-corrected chi connectivity index (χ4v) is 5.70. The van der Waals surface area contributed by atoms with Crippen LogP contribution in [-0.2, 0) is 6.54 Å². The van der Waals surface area contributed by atoms with E-state index in [0.29, 0.717) is 6.54 Å². The standard InChI is InChI=1S/C19H17N3.C14H14.C7H8N2.C7H9N/c20-17-16-11-6-12-21-18(16)14-9-4-5-10-15(14)19(17)22-13-7-2-1-3-8-13;1-11-3-7-13(8-4-11)14-9-5-12(2)6-10-14;8-7(9)6-4-2-1-3-5-6;8-6-7-4-2-1-3-5-7/h1-11,21-22H,12,20H2;3-10H,1-2H3;1-5H,(H3,8,9);1-5H,6,8H2. The minimum absolute atomic E-state index is 0.121. The lowest BCUT2D eigenvalue weighted by molar-refractivity contribution is 1.07. The van der Waals surface area contributed by atoms with Crippen LogP contribution < -0.4 is 27.8 Å². The van der Waals surface area contributed by atoms with Crippen molar-refractivity contribution < 1.29 is 0 Å². The molecule has 6 heteroatoms. The van der Waals surface area contributed by atoms with Gasteiger partial charge in [-0.3, -0.25) is 5.41 Å². The molecule has 1 aliphatic rings. The second-order valence-corrected chi connectivity index (χ2v) is 12.6. The maximum atomic E-state index is 7.01. The largest absolute Gasteiger partial charge is 0.396 e. The molecule has 8 rings (SSSR count). The highest BCUT2D eigenvalue weighted by Gasteiger charge is 2.17. The summed E-state index contributed by atoms with van der Waals surface area (Å²) >= 11 is 0. The number of aryl methyl sites for hydroxylation is 2. The van der Waals surface area contributed by atoms with Crippen LogP contribution in [0.2, 0.25) is 0 Å². The van der Waals surface area contributed by atoms with E-state index < -0.39 is 0 Å². The molecule has 1 aliphatic heterocycles. The summed E-state index contributed by atoms with van der Waals surface area (Å²) in [7, 11) is 0. The first-order valence-corrected chi connectivity index (χ1v) is 17.7. The molecule has 0 bridgehead atoms. The third-order valence-corrected chi connectivity index (χ3v) is 8.62. The lowest BCUT2D eigenvalue weighted by atomic mass is 9.97. The van der Waals surface area contributed by atoms with Gasteiger partial charge in [-0.1, -0.05) is 175 Å². The predicted octanol–water partition coefficient (Wildman–Crippen LogP) is 10.7. The van der Waals surface area contributed by atoms with Crippen LogP contribution in [0.3, 0.4) is 0 Å². The summed E-state index contributed by atoms with van der Waals surface area (Å²) in [4.78, 5) is 0. The van der Waals surface area contributed by atoms with Crippen molar-refractivity contribution in [2.75, 3.05) is 22.9 Å². The van der Waals surface area contributed by atoms with E-state index in [-0.39, 0.29) is 5.84 Å². The van der Waals surface area contributed by atoms with Crippen molar-refractivity contribution in [2.24, 2.45) is 11.5 Å². The molecule has 0 radical (unpaired) electrons. The maximum Gasteiger partial charge on any atom is 0.122 e. The number of hydrogen-bond acceptors (Lipinski definition) is 5. The Morgan fingerprint density at radius 1 is 0.642 bits per heavy atom. The maximum absolute atomic E-state index is 7.01. The Kier molecular flexibility index (Phi) is 13.6. The second kappa shape index (κ2) is 19.1. The fraction of sp³-hybridized carbons (Fsp3) is 0.0851. The Balaban J connectivity index is 0.000000149. The molecule has 0 fully saturated rings. The zero-order valence-electron chi connectivity index (χ0n) is 30.4. The number of para-hydroxylation sites is 1. The van der Waals surface area contributed by atoms with Gasteiger partial charge >= 0.3 is 0 Å². The number of amidine groups is 1. The smallest absolute Gasteiger partial charge is 0.122 e. The SMILES string of the molecule is Cc1ccc(-c2ccc(C)cc2)cc1.N=C(N)c1ccccc1.NCc1ccccc1.Nc1c2c(c3ccccc3c1Nc1ccccc1)NCC=C2. The van der Waals surface area contributed by atoms with E-state index in [9.17, 15) is 0 Å². The molecule has 0 spiro atoms. The first kappa shape index (κ1) is 37.6. The van der Waals surface area contributed by atoms with Crippen LogP contribution in [0, 0.1) is 19.3 Å². The first-order chi connectivity index (χ1) is 25.8. The number of benzene rings is 7. The molecule has 1 heterocycles. The lowest BCUT2D eigenvalue weighted by Crippen LogP contribution is -2.10. The van der Waals surface area contributed by atoms with E-state index in [2.05, 4.69) is 103 Å². The Bertz CT molecular complexity index is 2170. The molecule has 0 unspecified atom stereocenters. The first-order valence-electron chi connectivity index (χ1n) is 17.7. The van der Waals surface area contributed by atoms with E-state index in [1.54, 1.807) is 0 Å². The van der Waals surface area contributed by atoms with Gasteiger partial charge in [-0.25, -0.2) is 0 Å². The van der Waals surface area contributed by atoms with Crippen LogP contribution >= 0.6 is 0 Å². The number of nitrogens with two attached hydrogens (primary N) is 3. The Hall–Kier alpha value is -6.63. The molecule has 53 heavy (non-hydrogen) atoms. The molecule has 0 aromatic heterocycles. The van der Waals surface area contributed by atoms with Gasteiger partial charge in [0.25, 0.3) is 0 Å². The molecule has 266 valence electrons. The summed E-state index contributed by atoms with van der Waals surface area (Å²) in [6.07, 6.45) is 4.20. The third-order valence-electron chi connectivity index (χ3n) is 8.62. The number of nitrogens with one attached hydrogen (secondary N) is 3.